The van der Waals surface area contributed by atoms with E-state index < -0.39 is 0 Å². The van der Waals surface area contributed by atoms with Crippen molar-refractivity contribution < 1.29 is 14.4 Å². The molecule has 2 amide bonds. The lowest BCUT2D eigenvalue weighted by molar-refractivity contribution is -0.129. The molecule has 5 nitrogen and oxygen atoms in total. The van der Waals surface area contributed by atoms with Crippen LogP contribution in [-0.4, -0.2) is 34.8 Å². The molecule has 0 radical (unpaired) electrons. The zero-order valence-electron chi connectivity index (χ0n) is 18.4. The number of aryl methyl sites for hydroxylation is 1. The number of nitrogens with one attached hydrogen (secondary N) is 1. The molecule has 0 saturated carbocycles. The number of rotatable bonds is 6. The highest BCUT2D eigenvalue weighted by molar-refractivity contribution is 8.04. The fourth-order valence-electron chi connectivity index (χ4n) is 3.24. The second kappa shape index (κ2) is 9.52. The Morgan fingerprint density at radius 3 is 2.48 bits per heavy atom. The Morgan fingerprint density at radius 2 is 1.84 bits per heavy atom. The number of ketones is 1. The van der Waals surface area contributed by atoms with Crippen LogP contribution in [0.15, 0.2) is 59.6 Å². The van der Waals surface area contributed by atoms with Crippen molar-refractivity contribution in [2.24, 2.45) is 0 Å². The fourth-order valence-corrected chi connectivity index (χ4v) is 4.18. The Morgan fingerprint density at radius 1 is 1.13 bits per heavy atom. The SMILES string of the molecule is CCc1cccc(NC(=O)CN2C(=O)CSC2=CC(=O)c2ccc(C(C)(C)C)cc2)c1. The van der Waals surface area contributed by atoms with Crippen LogP contribution in [0.1, 0.15) is 49.2 Å². The molecule has 31 heavy (non-hydrogen) atoms. The first-order valence-corrected chi connectivity index (χ1v) is 11.3. The number of amides is 2. The van der Waals surface area contributed by atoms with Gasteiger partial charge >= 0.3 is 0 Å². The van der Waals surface area contributed by atoms with Crippen LogP contribution in [-0.2, 0) is 21.4 Å². The molecule has 0 bridgehead atoms. The van der Waals surface area contributed by atoms with Crippen LogP contribution in [0.2, 0.25) is 0 Å². The van der Waals surface area contributed by atoms with Gasteiger partial charge in [-0.3, -0.25) is 19.3 Å². The quantitative estimate of drug-likeness (QED) is 0.523. The summed E-state index contributed by atoms with van der Waals surface area (Å²) in [5, 5.41) is 3.34. The molecule has 1 N–H and O–H groups in total. The van der Waals surface area contributed by atoms with E-state index in [1.54, 1.807) is 12.1 Å². The summed E-state index contributed by atoms with van der Waals surface area (Å²) in [6.45, 7) is 8.28. The maximum absolute atomic E-state index is 12.7. The van der Waals surface area contributed by atoms with Gasteiger partial charge in [-0.25, -0.2) is 0 Å². The molecule has 6 heteroatoms. The van der Waals surface area contributed by atoms with Crippen molar-refractivity contribution in [1.29, 1.82) is 0 Å². The predicted molar refractivity (Wildman–Crippen MR) is 126 cm³/mol. The Kier molecular flexibility index (Phi) is 7.01. The predicted octanol–water partition coefficient (Wildman–Crippen LogP) is 4.78. The summed E-state index contributed by atoms with van der Waals surface area (Å²) in [6.07, 6.45) is 2.32. The minimum atomic E-state index is -0.294. The van der Waals surface area contributed by atoms with Gasteiger partial charge in [-0.2, -0.15) is 0 Å². The summed E-state index contributed by atoms with van der Waals surface area (Å²) in [5.41, 5.74) is 3.53. The smallest absolute Gasteiger partial charge is 0.244 e. The molecular weight excluding hydrogens is 408 g/mol. The van der Waals surface area contributed by atoms with Crippen molar-refractivity contribution in [1.82, 2.24) is 4.90 Å². The molecule has 1 heterocycles. The van der Waals surface area contributed by atoms with Crippen molar-refractivity contribution in [3.8, 4) is 0 Å². The van der Waals surface area contributed by atoms with E-state index in [9.17, 15) is 14.4 Å². The van der Waals surface area contributed by atoms with Gasteiger partial charge in [0, 0.05) is 17.3 Å². The van der Waals surface area contributed by atoms with E-state index in [1.165, 1.54) is 22.7 Å². The van der Waals surface area contributed by atoms with Crippen molar-refractivity contribution >= 4 is 35.0 Å². The molecule has 1 aliphatic rings. The highest BCUT2D eigenvalue weighted by Crippen LogP contribution is 2.29. The van der Waals surface area contributed by atoms with Crippen LogP contribution in [0.4, 0.5) is 5.69 Å². The third-order valence-electron chi connectivity index (χ3n) is 5.12. The summed E-state index contributed by atoms with van der Waals surface area (Å²) in [6, 6.07) is 15.1. The minimum Gasteiger partial charge on any atom is -0.325 e. The van der Waals surface area contributed by atoms with Crippen LogP contribution in [0.25, 0.3) is 0 Å². The lowest BCUT2D eigenvalue weighted by atomic mass is 9.86. The molecule has 162 valence electrons. The van der Waals surface area contributed by atoms with Gasteiger partial charge in [-0.15, -0.1) is 0 Å². The lowest BCUT2D eigenvalue weighted by Crippen LogP contribution is -2.34. The normalized spacial score (nSPS) is 15.4. The van der Waals surface area contributed by atoms with Crippen molar-refractivity contribution in [3.63, 3.8) is 0 Å². The highest BCUT2D eigenvalue weighted by Gasteiger charge is 2.29. The molecule has 1 fully saturated rings. The fraction of sp³-hybridized carbons (Fsp3) is 0.320. The van der Waals surface area contributed by atoms with Gasteiger partial charge in [0.1, 0.15) is 6.54 Å². The molecule has 0 atom stereocenters. The third-order valence-corrected chi connectivity index (χ3v) is 6.15. The van der Waals surface area contributed by atoms with E-state index in [0.29, 0.717) is 16.3 Å². The number of carbonyl (C=O) groups is 3. The molecule has 2 aromatic rings. The molecule has 1 saturated heterocycles. The van der Waals surface area contributed by atoms with E-state index in [1.807, 2.05) is 43.3 Å². The van der Waals surface area contributed by atoms with Gasteiger partial charge < -0.3 is 5.32 Å². The summed E-state index contributed by atoms with van der Waals surface area (Å²) in [7, 11) is 0. The molecule has 0 aliphatic carbocycles. The highest BCUT2D eigenvalue weighted by atomic mass is 32.2. The number of carbonyl (C=O) groups excluding carboxylic acids is 3. The van der Waals surface area contributed by atoms with Gasteiger partial charge in [0.15, 0.2) is 5.78 Å². The zero-order chi connectivity index (χ0) is 22.6. The van der Waals surface area contributed by atoms with Crippen molar-refractivity contribution in [3.05, 3.63) is 76.3 Å². The first-order valence-electron chi connectivity index (χ1n) is 10.4. The van der Waals surface area contributed by atoms with E-state index in [2.05, 4.69) is 26.1 Å². The van der Waals surface area contributed by atoms with Crippen LogP contribution >= 0.6 is 11.8 Å². The van der Waals surface area contributed by atoms with Gasteiger partial charge in [0.2, 0.25) is 11.8 Å². The summed E-state index contributed by atoms with van der Waals surface area (Å²) < 4.78 is 0. The second-order valence-electron chi connectivity index (χ2n) is 8.54. The first-order chi connectivity index (χ1) is 14.7. The molecule has 0 aromatic heterocycles. The summed E-state index contributed by atoms with van der Waals surface area (Å²) >= 11 is 1.28. The van der Waals surface area contributed by atoms with Gasteiger partial charge in [0.05, 0.1) is 10.8 Å². The van der Waals surface area contributed by atoms with E-state index in [-0.39, 0.29) is 35.3 Å². The number of thioether (sulfide) groups is 1. The Balaban J connectivity index is 1.70. The second-order valence-corrected chi connectivity index (χ2v) is 9.54. The standard InChI is InChI=1S/C25H28N2O3S/c1-5-17-7-6-8-20(13-17)26-22(29)15-27-23(30)16-31-24(27)14-21(28)18-9-11-19(12-10-18)25(2,3)4/h6-14H,5,15-16H2,1-4H3,(H,26,29). The Hall–Kier alpha value is -2.86. The molecule has 3 rings (SSSR count). The zero-order valence-corrected chi connectivity index (χ0v) is 19.2. The number of benzene rings is 2. The summed E-state index contributed by atoms with van der Waals surface area (Å²) in [5.74, 6) is -0.430. The van der Waals surface area contributed by atoms with Crippen molar-refractivity contribution in [2.45, 2.75) is 39.5 Å². The lowest BCUT2D eigenvalue weighted by Gasteiger charge is -2.19. The Bertz CT molecular complexity index is 1020. The molecule has 1 aliphatic heterocycles. The van der Waals surface area contributed by atoms with Crippen LogP contribution < -0.4 is 5.32 Å². The van der Waals surface area contributed by atoms with E-state index in [4.69, 9.17) is 0 Å². The number of nitrogens with zero attached hydrogens (tertiary/aromatic N) is 1. The summed E-state index contributed by atoms with van der Waals surface area (Å²) in [4.78, 5) is 39.0. The van der Waals surface area contributed by atoms with Crippen LogP contribution in [0.3, 0.4) is 0 Å². The van der Waals surface area contributed by atoms with Crippen molar-refractivity contribution in [2.75, 3.05) is 17.6 Å². The maximum atomic E-state index is 12.7. The molecular formula is C25H28N2O3S. The maximum Gasteiger partial charge on any atom is 0.244 e. The monoisotopic (exact) mass is 436 g/mol. The van der Waals surface area contributed by atoms with E-state index >= 15 is 0 Å². The first kappa shape index (κ1) is 22.8. The molecule has 0 unspecified atom stereocenters. The number of hydrogen-bond acceptors (Lipinski definition) is 4. The number of anilines is 1. The molecule has 0 spiro atoms. The van der Waals surface area contributed by atoms with Crippen LogP contribution in [0, 0.1) is 0 Å². The average Bonchev–Trinajstić information content (AvgIpc) is 3.06. The average molecular weight is 437 g/mol. The van der Waals surface area contributed by atoms with E-state index in [0.717, 1.165) is 17.5 Å². The number of allylic oxidation sites excluding steroid dienone is 1. The van der Waals surface area contributed by atoms with Gasteiger partial charge in [0.25, 0.3) is 0 Å². The third kappa shape index (κ3) is 5.85. The van der Waals surface area contributed by atoms with Gasteiger partial charge in [-0.05, 0) is 35.1 Å². The minimum absolute atomic E-state index is 0.00850. The van der Waals surface area contributed by atoms with Gasteiger partial charge in [-0.1, -0.05) is 75.9 Å². The topological polar surface area (TPSA) is 66.5 Å². The van der Waals surface area contributed by atoms with Crippen LogP contribution in [0.5, 0.6) is 0 Å². The Labute approximate surface area is 187 Å². The number of hydrogen-bond donors (Lipinski definition) is 1. The largest absolute Gasteiger partial charge is 0.325 e. The molecule has 2 aromatic carbocycles.